The summed E-state index contributed by atoms with van der Waals surface area (Å²) in [6.07, 6.45) is 2.12. The number of carbonyl (C=O) groups is 1. The van der Waals surface area contributed by atoms with E-state index in [9.17, 15) is 4.79 Å². The largest absolute Gasteiger partial charge is 0.497 e. The Morgan fingerprint density at radius 3 is 2.11 bits per heavy atom. The smallest absolute Gasteiger partial charge is 0.271 e. The second kappa shape index (κ2) is 10.8. The number of nitrogens with zero attached hydrogens (tertiary/aromatic N) is 3. The number of ether oxygens (including phenoxy) is 1. The minimum absolute atomic E-state index is 0.0950. The van der Waals surface area contributed by atoms with Crippen LogP contribution < -0.4 is 9.64 Å². The summed E-state index contributed by atoms with van der Waals surface area (Å²) in [6, 6.07) is 25.5. The van der Waals surface area contributed by atoms with E-state index in [4.69, 9.17) is 4.74 Å². The van der Waals surface area contributed by atoms with Crippen LogP contribution in [0.15, 0.2) is 79.0 Å². The van der Waals surface area contributed by atoms with Gasteiger partial charge in [0, 0.05) is 49.7 Å². The highest BCUT2D eigenvalue weighted by atomic mass is 16.5. The third-order valence-electron chi connectivity index (χ3n) is 7.60. The summed E-state index contributed by atoms with van der Waals surface area (Å²) >= 11 is 0. The van der Waals surface area contributed by atoms with Crippen LogP contribution in [0.4, 0.5) is 5.69 Å². The quantitative estimate of drug-likeness (QED) is 0.299. The van der Waals surface area contributed by atoms with Crippen molar-refractivity contribution in [2.75, 3.05) is 31.6 Å². The predicted molar refractivity (Wildman–Crippen MR) is 155 cm³/mol. The van der Waals surface area contributed by atoms with E-state index in [1.54, 1.807) is 7.11 Å². The van der Waals surface area contributed by atoms with Gasteiger partial charge < -0.3 is 19.1 Å². The number of aromatic nitrogens is 1. The molecule has 196 valence electrons. The Kier molecular flexibility index (Phi) is 7.28. The number of anilines is 1. The Morgan fingerprint density at radius 2 is 1.50 bits per heavy atom. The molecule has 1 aliphatic heterocycles. The first-order valence-electron chi connectivity index (χ1n) is 13.4. The molecule has 1 saturated heterocycles. The summed E-state index contributed by atoms with van der Waals surface area (Å²) < 4.78 is 7.47. The molecule has 0 aliphatic carbocycles. The van der Waals surface area contributed by atoms with E-state index >= 15 is 0 Å². The Morgan fingerprint density at radius 1 is 0.868 bits per heavy atom. The number of benzene rings is 3. The SMILES string of the molecule is COc1ccc(Cn2cc(C)c(-c3ccc(C)cc3)c2C(=O)N2CCN(c3ccc(C)cc3)C(C)C2)cc1. The summed E-state index contributed by atoms with van der Waals surface area (Å²) in [5, 5.41) is 0. The first-order valence-corrected chi connectivity index (χ1v) is 13.4. The van der Waals surface area contributed by atoms with Crippen molar-refractivity contribution in [1.29, 1.82) is 0 Å². The van der Waals surface area contributed by atoms with Crippen molar-refractivity contribution in [3.05, 3.63) is 107 Å². The summed E-state index contributed by atoms with van der Waals surface area (Å²) in [7, 11) is 1.68. The first kappa shape index (κ1) is 25.7. The molecule has 1 fully saturated rings. The van der Waals surface area contributed by atoms with Crippen LogP contribution in [0.2, 0.25) is 0 Å². The van der Waals surface area contributed by atoms with Gasteiger partial charge in [-0.15, -0.1) is 0 Å². The van der Waals surface area contributed by atoms with Crippen LogP contribution in [0.1, 0.15) is 39.7 Å². The molecule has 0 N–H and O–H groups in total. The monoisotopic (exact) mass is 507 g/mol. The molecule has 5 heteroatoms. The van der Waals surface area contributed by atoms with E-state index in [0.717, 1.165) is 40.2 Å². The van der Waals surface area contributed by atoms with Gasteiger partial charge in [-0.2, -0.15) is 0 Å². The highest BCUT2D eigenvalue weighted by Crippen LogP contribution is 2.32. The second-order valence-corrected chi connectivity index (χ2v) is 10.5. The summed E-state index contributed by atoms with van der Waals surface area (Å²) in [6.45, 7) is 11.3. The zero-order valence-corrected chi connectivity index (χ0v) is 23.1. The molecular formula is C33H37N3O2. The maximum atomic E-state index is 14.3. The number of piperazine rings is 1. The summed E-state index contributed by atoms with van der Waals surface area (Å²) in [5.74, 6) is 0.923. The molecule has 4 aromatic rings. The van der Waals surface area contributed by atoms with Crippen LogP contribution in [-0.4, -0.2) is 48.2 Å². The van der Waals surface area contributed by atoms with Gasteiger partial charge in [-0.25, -0.2) is 0 Å². The van der Waals surface area contributed by atoms with E-state index in [1.165, 1.54) is 16.8 Å². The van der Waals surface area contributed by atoms with Crippen molar-refractivity contribution in [1.82, 2.24) is 9.47 Å². The van der Waals surface area contributed by atoms with Crippen molar-refractivity contribution in [3.8, 4) is 16.9 Å². The lowest BCUT2D eigenvalue weighted by Gasteiger charge is -2.41. The minimum Gasteiger partial charge on any atom is -0.497 e. The molecule has 0 saturated carbocycles. The first-order chi connectivity index (χ1) is 18.3. The maximum absolute atomic E-state index is 14.3. The fourth-order valence-corrected chi connectivity index (χ4v) is 5.47. The van der Waals surface area contributed by atoms with Crippen molar-refractivity contribution in [2.24, 2.45) is 0 Å². The molecule has 38 heavy (non-hydrogen) atoms. The Labute approximate surface area is 226 Å². The molecule has 1 unspecified atom stereocenters. The van der Waals surface area contributed by atoms with Gasteiger partial charge in [-0.3, -0.25) is 4.79 Å². The van der Waals surface area contributed by atoms with Crippen LogP contribution >= 0.6 is 0 Å². The molecule has 5 rings (SSSR count). The molecule has 1 aliphatic rings. The molecule has 1 amide bonds. The van der Waals surface area contributed by atoms with Gasteiger partial charge in [-0.1, -0.05) is 59.7 Å². The molecule has 2 heterocycles. The lowest BCUT2D eigenvalue weighted by atomic mass is 10.00. The van der Waals surface area contributed by atoms with Gasteiger partial charge in [-0.05, 0) is 68.7 Å². The van der Waals surface area contributed by atoms with Crippen LogP contribution in [0.25, 0.3) is 11.1 Å². The highest BCUT2D eigenvalue weighted by Gasteiger charge is 2.31. The van der Waals surface area contributed by atoms with Gasteiger partial charge >= 0.3 is 0 Å². The average Bonchev–Trinajstić information content (AvgIpc) is 3.24. The van der Waals surface area contributed by atoms with Crippen LogP contribution in [-0.2, 0) is 6.54 Å². The topological polar surface area (TPSA) is 37.7 Å². The van der Waals surface area contributed by atoms with E-state index in [2.05, 4.69) is 104 Å². The number of methoxy groups -OCH3 is 1. The highest BCUT2D eigenvalue weighted by molar-refractivity contribution is 6.00. The molecule has 5 nitrogen and oxygen atoms in total. The molecule has 1 aromatic heterocycles. The predicted octanol–water partition coefficient (Wildman–Crippen LogP) is 6.49. The van der Waals surface area contributed by atoms with E-state index in [0.29, 0.717) is 19.6 Å². The van der Waals surface area contributed by atoms with Crippen molar-refractivity contribution in [3.63, 3.8) is 0 Å². The maximum Gasteiger partial charge on any atom is 0.271 e. The van der Waals surface area contributed by atoms with Gasteiger partial charge in [0.05, 0.1) is 7.11 Å². The van der Waals surface area contributed by atoms with Crippen molar-refractivity contribution in [2.45, 2.75) is 40.3 Å². The van der Waals surface area contributed by atoms with Gasteiger partial charge in [0.1, 0.15) is 11.4 Å². The number of hydrogen-bond acceptors (Lipinski definition) is 3. The van der Waals surface area contributed by atoms with E-state index in [-0.39, 0.29) is 11.9 Å². The number of rotatable bonds is 6. The van der Waals surface area contributed by atoms with E-state index < -0.39 is 0 Å². The molecule has 0 bridgehead atoms. The van der Waals surface area contributed by atoms with Crippen LogP contribution in [0, 0.1) is 20.8 Å². The minimum atomic E-state index is 0.0950. The van der Waals surface area contributed by atoms with Gasteiger partial charge in [0.2, 0.25) is 0 Å². The third-order valence-corrected chi connectivity index (χ3v) is 7.60. The van der Waals surface area contributed by atoms with E-state index in [1.807, 2.05) is 17.0 Å². The Hall–Kier alpha value is -3.99. The molecule has 0 radical (unpaired) electrons. The third kappa shape index (κ3) is 5.19. The Balaban J connectivity index is 1.47. The molecule has 0 spiro atoms. The number of hydrogen-bond donors (Lipinski definition) is 0. The van der Waals surface area contributed by atoms with Crippen LogP contribution in [0.3, 0.4) is 0 Å². The number of aryl methyl sites for hydroxylation is 3. The fourth-order valence-electron chi connectivity index (χ4n) is 5.47. The second-order valence-electron chi connectivity index (χ2n) is 10.5. The van der Waals surface area contributed by atoms with Gasteiger partial charge in [0.15, 0.2) is 0 Å². The number of carbonyl (C=O) groups excluding carboxylic acids is 1. The van der Waals surface area contributed by atoms with Crippen molar-refractivity contribution < 1.29 is 9.53 Å². The molecular weight excluding hydrogens is 470 g/mol. The Bertz CT molecular complexity index is 1400. The average molecular weight is 508 g/mol. The number of amides is 1. The molecule has 3 aromatic carbocycles. The summed E-state index contributed by atoms with van der Waals surface area (Å²) in [4.78, 5) is 18.7. The lowest BCUT2D eigenvalue weighted by molar-refractivity contribution is 0.0717. The summed E-state index contributed by atoms with van der Waals surface area (Å²) in [5.41, 5.74) is 8.78. The zero-order chi connectivity index (χ0) is 26.8. The standard InChI is InChI=1S/C33H37N3O2/c1-23-6-12-28(13-7-23)31-25(3)20-35(22-27-10-16-30(38-5)17-11-27)32(31)33(37)34-18-19-36(26(4)21-34)29-14-8-24(2)9-15-29/h6-17,20,26H,18-19,21-22H2,1-5H3. The fraction of sp³-hybridized carbons (Fsp3) is 0.303. The normalized spacial score (nSPS) is 15.6. The van der Waals surface area contributed by atoms with Crippen LogP contribution in [0.5, 0.6) is 5.75 Å². The van der Waals surface area contributed by atoms with Gasteiger partial charge in [0.25, 0.3) is 5.91 Å². The molecule has 1 atom stereocenters. The zero-order valence-electron chi connectivity index (χ0n) is 23.1. The van der Waals surface area contributed by atoms with Crippen molar-refractivity contribution >= 4 is 11.6 Å². The lowest BCUT2D eigenvalue weighted by Crippen LogP contribution is -2.54.